The van der Waals surface area contributed by atoms with Crippen molar-refractivity contribution in [3.63, 3.8) is 0 Å². The Morgan fingerprint density at radius 3 is 2.68 bits per heavy atom. The molecular formula is C18H22N2O4S. The summed E-state index contributed by atoms with van der Waals surface area (Å²) in [4.78, 5) is 13.9. The third-order valence-electron chi connectivity index (χ3n) is 5.38. The normalized spacial score (nSPS) is 23.6. The smallest absolute Gasteiger partial charge is 0.336 e. The Morgan fingerprint density at radius 1 is 1.12 bits per heavy atom. The Bertz CT molecular complexity index is 947. The summed E-state index contributed by atoms with van der Waals surface area (Å²) >= 11 is 0. The van der Waals surface area contributed by atoms with Gasteiger partial charge in [-0.3, -0.25) is 4.90 Å². The largest absolute Gasteiger partial charge is 0.423 e. The van der Waals surface area contributed by atoms with Crippen LogP contribution in [0.5, 0.6) is 0 Å². The van der Waals surface area contributed by atoms with Crippen LogP contribution in [0.15, 0.2) is 44.4 Å². The number of benzene rings is 1. The van der Waals surface area contributed by atoms with Crippen molar-refractivity contribution in [3.8, 4) is 0 Å². The lowest BCUT2D eigenvalue weighted by Crippen LogP contribution is -2.63. The summed E-state index contributed by atoms with van der Waals surface area (Å²) < 4.78 is 32.3. The van der Waals surface area contributed by atoms with Crippen molar-refractivity contribution >= 4 is 21.0 Å². The van der Waals surface area contributed by atoms with Crippen molar-refractivity contribution in [1.29, 1.82) is 0 Å². The van der Waals surface area contributed by atoms with E-state index < -0.39 is 15.6 Å². The monoisotopic (exact) mass is 362 g/mol. The zero-order valence-electron chi connectivity index (χ0n) is 14.2. The van der Waals surface area contributed by atoms with E-state index in [0.29, 0.717) is 36.1 Å². The Labute approximate surface area is 147 Å². The molecular weight excluding hydrogens is 340 g/mol. The van der Waals surface area contributed by atoms with Gasteiger partial charge in [-0.2, -0.15) is 4.31 Å². The molecule has 0 radical (unpaired) electrons. The number of nitrogens with zero attached hydrogens (tertiary/aromatic N) is 2. The molecule has 6 nitrogen and oxygen atoms in total. The van der Waals surface area contributed by atoms with E-state index in [2.05, 4.69) is 11.8 Å². The van der Waals surface area contributed by atoms with Crippen molar-refractivity contribution in [2.45, 2.75) is 43.2 Å². The minimum Gasteiger partial charge on any atom is -0.423 e. The first-order valence-electron chi connectivity index (χ1n) is 8.75. The summed E-state index contributed by atoms with van der Waals surface area (Å²) in [5.41, 5.74) is -0.0422. The van der Waals surface area contributed by atoms with E-state index in [9.17, 15) is 13.2 Å². The molecule has 1 atom stereocenters. The van der Waals surface area contributed by atoms with Crippen LogP contribution >= 0.6 is 0 Å². The lowest BCUT2D eigenvalue weighted by molar-refractivity contribution is 0.0360. The SMILES string of the molecule is CC1CCCCN1C1CN(S(=O)(=O)c2ccc3oc(=O)ccc3c2)C1. The standard InChI is InChI=1S/C18H22N2O4S/c1-13-4-2-3-9-20(13)15-11-19(12-15)25(22,23)16-6-7-17-14(10-16)5-8-18(21)24-17/h5-8,10,13,15H,2-4,9,11-12H2,1H3. The van der Waals surface area contributed by atoms with Crippen molar-refractivity contribution in [2.24, 2.45) is 0 Å². The lowest BCUT2D eigenvalue weighted by Gasteiger charge is -2.48. The first kappa shape index (κ1) is 16.8. The first-order chi connectivity index (χ1) is 11.9. The average Bonchev–Trinajstić information content (AvgIpc) is 2.54. The molecule has 2 aliphatic rings. The summed E-state index contributed by atoms with van der Waals surface area (Å²) in [6, 6.07) is 8.39. The molecule has 2 saturated heterocycles. The third kappa shape index (κ3) is 3.01. The summed E-state index contributed by atoms with van der Waals surface area (Å²) in [6.07, 6.45) is 3.65. The van der Waals surface area contributed by atoms with Crippen LogP contribution in [-0.2, 0) is 10.0 Å². The van der Waals surface area contributed by atoms with Crippen LogP contribution < -0.4 is 5.63 Å². The molecule has 4 rings (SSSR count). The van der Waals surface area contributed by atoms with Gasteiger partial charge in [0.2, 0.25) is 10.0 Å². The predicted octanol–water partition coefficient (Wildman–Crippen LogP) is 2.04. The fourth-order valence-corrected chi connectivity index (χ4v) is 5.40. The Hall–Kier alpha value is -1.70. The van der Waals surface area contributed by atoms with Crippen LogP contribution in [-0.4, -0.2) is 49.3 Å². The van der Waals surface area contributed by atoms with Crippen molar-refractivity contribution < 1.29 is 12.8 Å². The van der Waals surface area contributed by atoms with Gasteiger partial charge < -0.3 is 4.42 Å². The van der Waals surface area contributed by atoms with Crippen LogP contribution in [0.3, 0.4) is 0 Å². The van der Waals surface area contributed by atoms with E-state index in [1.807, 2.05) is 0 Å². The number of rotatable bonds is 3. The van der Waals surface area contributed by atoms with Gasteiger partial charge in [-0.05, 0) is 50.6 Å². The average molecular weight is 362 g/mol. The molecule has 7 heteroatoms. The fourth-order valence-electron chi connectivity index (χ4n) is 3.84. The molecule has 0 bridgehead atoms. The van der Waals surface area contributed by atoms with Crippen LogP contribution in [0.4, 0.5) is 0 Å². The van der Waals surface area contributed by atoms with E-state index in [0.717, 1.165) is 6.54 Å². The predicted molar refractivity (Wildman–Crippen MR) is 95.0 cm³/mol. The quantitative estimate of drug-likeness (QED) is 0.782. The van der Waals surface area contributed by atoms with E-state index >= 15 is 0 Å². The maximum absolute atomic E-state index is 12.9. The number of sulfonamides is 1. The second-order valence-corrected chi connectivity index (χ2v) is 8.95. The second-order valence-electron chi connectivity index (χ2n) is 7.01. The number of piperidine rings is 1. The van der Waals surface area contributed by atoms with Gasteiger partial charge in [-0.25, -0.2) is 13.2 Å². The molecule has 134 valence electrons. The van der Waals surface area contributed by atoms with Gasteiger partial charge in [0, 0.05) is 36.6 Å². The van der Waals surface area contributed by atoms with E-state index in [4.69, 9.17) is 4.42 Å². The number of likely N-dealkylation sites (tertiary alicyclic amines) is 1. The van der Waals surface area contributed by atoms with Gasteiger partial charge in [-0.15, -0.1) is 0 Å². The number of hydrogen-bond acceptors (Lipinski definition) is 5. The molecule has 1 aromatic carbocycles. The Morgan fingerprint density at radius 2 is 1.92 bits per heavy atom. The third-order valence-corrected chi connectivity index (χ3v) is 7.21. The molecule has 0 N–H and O–H groups in total. The number of hydrogen-bond donors (Lipinski definition) is 0. The topological polar surface area (TPSA) is 70.8 Å². The maximum atomic E-state index is 12.9. The molecule has 2 aromatic rings. The van der Waals surface area contributed by atoms with E-state index in [1.165, 1.54) is 31.4 Å². The van der Waals surface area contributed by atoms with Crippen molar-refractivity contribution in [2.75, 3.05) is 19.6 Å². The van der Waals surface area contributed by atoms with Crippen LogP contribution in [0.1, 0.15) is 26.2 Å². The van der Waals surface area contributed by atoms with Gasteiger partial charge >= 0.3 is 5.63 Å². The minimum absolute atomic E-state index is 0.249. The zero-order valence-corrected chi connectivity index (χ0v) is 15.0. The molecule has 2 fully saturated rings. The summed E-state index contributed by atoms with van der Waals surface area (Å²) in [7, 11) is -3.51. The molecule has 2 aliphatic heterocycles. The van der Waals surface area contributed by atoms with E-state index in [1.54, 1.807) is 22.5 Å². The minimum atomic E-state index is -3.51. The molecule has 3 heterocycles. The van der Waals surface area contributed by atoms with Gasteiger partial charge in [0.1, 0.15) is 5.58 Å². The molecule has 25 heavy (non-hydrogen) atoms. The maximum Gasteiger partial charge on any atom is 0.336 e. The van der Waals surface area contributed by atoms with Gasteiger partial charge in [-0.1, -0.05) is 6.42 Å². The summed E-state index contributed by atoms with van der Waals surface area (Å²) in [6.45, 7) is 4.39. The lowest BCUT2D eigenvalue weighted by atomic mass is 9.99. The second kappa shape index (κ2) is 6.23. The summed E-state index contributed by atoms with van der Waals surface area (Å²) in [5, 5.41) is 0.613. The molecule has 1 aromatic heterocycles. The van der Waals surface area contributed by atoms with Crippen LogP contribution in [0.2, 0.25) is 0 Å². The first-order valence-corrected chi connectivity index (χ1v) is 10.2. The van der Waals surface area contributed by atoms with Crippen LogP contribution in [0, 0.1) is 0 Å². The molecule has 0 spiro atoms. The van der Waals surface area contributed by atoms with Gasteiger partial charge in [0.25, 0.3) is 0 Å². The molecule has 0 aliphatic carbocycles. The molecule has 0 saturated carbocycles. The van der Waals surface area contributed by atoms with Crippen molar-refractivity contribution in [3.05, 3.63) is 40.8 Å². The van der Waals surface area contributed by atoms with Crippen molar-refractivity contribution in [1.82, 2.24) is 9.21 Å². The van der Waals surface area contributed by atoms with E-state index in [-0.39, 0.29) is 4.90 Å². The number of fused-ring (bicyclic) bond motifs is 1. The van der Waals surface area contributed by atoms with Gasteiger partial charge in [0.15, 0.2) is 0 Å². The molecule has 0 amide bonds. The summed E-state index contributed by atoms with van der Waals surface area (Å²) in [5.74, 6) is 0. The molecule has 1 unspecified atom stereocenters. The van der Waals surface area contributed by atoms with Gasteiger partial charge in [0.05, 0.1) is 4.90 Å². The highest BCUT2D eigenvalue weighted by Crippen LogP contribution is 2.29. The zero-order chi connectivity index (χ0) is 17.6. The highest BCUT2D eigenvalue weighted by Gasteiger charge is 2.41. The van der Waals surface area contributed by atoms with Crippen LogP contribution in [0.25, 0.3) is 11.0 Å². The Balaban J connectivity index is 1.53. The highest BCUT2D eigenvalue weighted by molar-refractivity contribution is 7.89. The fraction of sp³-hybridized carbons (Fsp3) is 0.500. The highest BCUT2D eigenvalue weighted by atomic mass is 32.2. The Kier molecular flexibility index (Phi) is 4.17.